The number of aryl methyl sites for hydroxylation is 2. The van der Waals surface area contributed by atoms with Gasteiger partial charge in [-0.05, 0) is 65.0 Å². The maximum absolute atomic E-state index is 12.2. The lowest BCUT2D eigenvalue weighted by molar-refractivity contribution is -0.122. The van der Waals surface area contributed by atoms with E-state index in [0.29, 0.717) is 12.5 Å². The summed E-state index contributed by atoms with van der Waals surface area (Å²) in [5.41, 5.74) is 1.01. The van der Waals surface area contributed by atoms with Gasteiger partial charge in [-0.2, -0.15) is 0 Å². The van der Waals surface area contributed by atoms with Gasteiger partial charge in [-0.1, -0.05) is 0 Å². The minimum absolute atomic E-state index is 0. The number of hydrogen-bond acceptors (Lipinski definition) is 5. The fourth-order valence-corrected chi connectivity index (χ4v) is 3.92. The van der Waals surface area contributed by atoms with Gasteiger partial charge in [0.1, 0.15) is 11.6 Å². The van der Waals surface area contributed by atoms with Crippen molar-refractivity contribution in [1.82, 2.24) is 20.6 Å². The molecule has 2 fully saturated rings. The van der Waals surface area contributed by atoms with Gasteiger partial charge in [0.15, 0.2) is 0 Å². The van der Waals surface area contributed by atoms with E-state index in [0.717, 1.165) is 68.7 Å². The zero-order valence-corrected chi connectivity index (χ0v) is 18.0. The van der Waals surface area contributed by atoms with E-state index >= 15 is 0 Å². The summed E-state index contributed by atoms with van der Waals surface area (Å²) in [6, 6.07) is 2.35. The second-order valence-electron chi connectivity index (χ2n) is 7.48. The SMILES string of the molecule is Cc1cc(N2CCC(NC(=O)CCC3CCNCC3)CC2)nc(C)n1.Cl.Cl. The summed E-state index contributed by atoms with van der Waals surface area (Å²) in [5, 5.41) is 6.62. The molecule has 1 amide bonds. The van der Waals surface area contributed by atoms with Gasteiger partial charge >= 0.3 is 0 Å². The first-order chi connectivity index (χ1) is 12.1. The molecular weight excluding hydrogens is 385 g/mol. The molecule has 0 spiro atoms. The number of carbonyl (C=O) groups is 1. The molecule has 1 aromatic rings. The Hall–Kier alpha value is -1.11. The summed E-state index contributed by atoms with van der Waals surface area (Å²) in [6.45, 7) is 8.03. The molecule has 2 aliphatic heterocycles. The molecule has 2 saturated heterocycles. The Balaban J connectivity index is 0.00000182. The van der Waals surface area contributed by atoms with Crippen LogP contribution in [0.25, 0.3) is 0 Å². The summed E-state index contributed by atoms with van der Waals surface area (Å²) in [4.78, 5) is 23.4. The number of hydrogen-bond donors (Lipinski definition) is 2. The van der Waals surface area contributed by atoms with Crippen LogP contribution in [0.3, 0.4) is 0 Å². The van der Waals surface area contributed by atoms with Crippen LogP contribution in [0, 0.1) is 19.8 Å². The van der Waals surface area contributed by atoms with Gasteiger partial charge in [0.2, 0.25) is 5.91 Å². The molecule has 8 heteroatoms. The predicted molar refractivity (Wildman–Crippen MR) is 114 cm³/mol. The number of carbonyl (C=O) groups excluding carboxylic acids is 1. The quantitative estimate of drug-likeness (QED) is 0.770. The monoisotopic (exact) mass is 417 g/mol. The van der Waals surface area contributed by atoms with Crippen LogP contribution in [0.1, 0.15) is 50.0 Å². The van der Waals surface area contributed by atoms with Crippen molar-refractivity contribution in [2.24, 2.45) is 5.92 Å². The van der Waals surface area contributed by atoms with Gasteiger partial charge in [0.05, 0.1) is 0 Å². The molecule has 0 unspecified atom stereocenters. The molecule has 2 aliphatic rings. The number of anilines is 1. The average Bonchev–Trinajstić information content (AvgIpc) is 2.61. The summed E-state index contributed by atoms with van der Waals surface area (Å²) in [7, 11) is 0. The van der Waals surface area contributed by atoms with E-state index in [9.17, 15) is 4.79 Å². The van der Waals surface area contributed by atoms with Crippen LogP contribution >= 0.6 is 24.8 Å². The van der Waals surface area contributed by atoms with Gasteiger partial charge in [-0.15, -0.1) is 24.8 Å². The Morgan fingerprint density at radius 1 is 1.15 bits per heavy atom. The maximum Gasteiger partial charge on any atom is 0.220 e. The van der Waals surface area contributed by atoms with E-state index in [2.05, 4.69) is 25.5 Å². The van der Waals surface area contributed by atoms with Crippen LogP contribution in [0.15, 0.2) is 6.07 Å². The van der Waals surface area contributed by atoms with E-state index < -0.39 is 0 Å². The first kappa shape index (κ1) is 23.9. The molecule has 0 bridgehead atoms. The van der Waals surface area contributed by atoms with Crippen LogP contribution in [-0.2, 0) is 4.79 Å². The van der Waals surface area contributed by atoms with Crippen LogP contribution in [-0.4, -0.2) is 48.1 Å². The Morgan fingerprint density at radius 2 is 1.81 bits per heavy atom. The van der Waals surface area contributed by atoms with Gasteiger partial charge < -0.3 is 15.5 Å². The topological polar surface area (TPSA) is 70.2 Å². The van der Waals surface area contributed by atoms with E-state index in [-0.39, 0.29) is 30.7 Å². The molecule has 0 aromatic carbocycles. The lowest BCUT2D eigenvalue weighted by Crippen LogP contribution is -2.45. The number of piperidine rings is 2. The van der Waals surface area contributed by atoms with Crippen LogP contribution < -0.4 is 15.5 Å². The largest absolute Gasteiger partial charge is 0.356 e. The highest BCUT2D eigenvalue weighted by Gasteiger charge is 2.22. The van der Waals surface area contributed by atoms with E-state index in [1.165, 1.54) is 12.8 Å². The molecule has 0 atom stereocenters. The highest BCUT2D eigenvalue weighted by molar-refractivity contribution is 5.85. The standard InChI is InChI=1S/C19H31N5O.2ClH/c1-14-13-18(22-15(2)21-14)24-11-7-17(8-12-24)23-19(25)4-3-16-5-9-20-10-6-16;;/h13,16-17,20H,3-12H2,1-2H3,(H,23,25);2*1H. The zero-order chi connectivity index (χ0) is 17.6. The van der Waals surface area contributed by atoms with Gasteiger partial charge in [-0.25, -0.2) is 9.97 Å². The molecule has 27 heavy (non-hydrogen) atoms. The smallest absolute Gasteiger partial charge is 0.220 e. The lowest BCUT2D eigenvalue weighted by atomic mass is 9.93. The van der Waals surface area contributed by atoms with Crippen molar-refractivity contribution in [2.75, 3.05) is 31.1 Å². The van der Waals surface area contributed by atoms with Crippen molar-refractivity contribution < 1.29 is 4.79 Å². The number of halogens is 2. The summed E-state index contributed by atoms with van der Waals surface area (Å²) < 4.78 is 0. The molecule has 0 radical (unpaired) electrons. The van der Waals surface area contributed by atoms with Crippen LogP contribution in [0.4, 0.5) is 5.82 Å². The fraction of sp³-hybridized carbons (Fsp3) is 0.737. The van der Waals surface area contributed by atoms with Crippen LogP contribution in [0.5, 0.6) is 0 Å². The first-order valence-electron chi connectivity index (χ1n) is 9.67. The van der Waals surface area contributed by atoms with Crippen molar-refractivity contribution in [3.63, 3.8) is 0 Å². The van der Waals surface area contributed by atoms with Crippen molar-refractivity contribution in [2.45, 2.75) is 58.4 Å². The molecule has 6 nitrogen and oxygen atoms in total. The first-order valence-corrected chi connectivity index (χ1v) is 9.67. The summed E-state index contributed by atoms with van der Waals surface area (Å²) in [6.07, 6.45) is 6.11. The van der Waals surface area contributed by atoms with E-state index in [1.807, 2.05) is 19.9 Å². The fourth-order valence-electron chi connectivity index (χ4n) is 3.92. The minimum Gasteiger partial charge on any atom is -0.356 e. The molecule has 154 valence electrons. The molecule has 3 heterocycles. The number of rotatable bonds is 5. The third-order valence-electron chi connectivity index (χ3n) is 5.37. The number of amides is 1. The van der Waals surface area contributed by atoms with E-state index in [1.54, 1.807) is 0 Å². The lowest BCUT2D eigenvalue weighted by Gasteiger charge is -2.33. The highest BCUT2D eigenvalue weighted by atomic mass is 35.5. The van der Waals surface area contributed by atoms with E-state index in [4.69, 9.17) is 0 Å². The molecule has 2 N–H and O–H groups in total. The third-order valence-corrected chi connectivity index (χ3v) is 5.37. The van der Waals surface area contributed by atoms with Gasteiger partial charge in [0, 0.05) is 37.3 Å². The average molecular weight is 418 g/mol. The third kappa shape index (κ3) is 7.43. The minimum atomic E-state index is 0. The summed E-state index contributed by atoms with van der Waals surface area (Å²) in [5.74, 6) is 2.79. The Kier molecular flexibility index (Phi) is 10.3. The molecule has 0 saturated carbocycles. The normalized spacial score (nSPS) is 18.4. The van der Waals surface area contributed by atoms with Crippen molar-refractivity contribution in [3.8, 4) is 0 Å². The molecule has 3 rings (SSSR count). The number of nitrogens with zero attached hydrogens (tertiary/aromatic N) is 3. The van der Waals surface area contributed by atoms with Crippen molar-refractivity contribution in [1.29, 1.82) is 0 Å². The van der Waals surface area contributed by atoms with Crippen molar-refractivity contribution >= 4 is 36.5 Å². The second kappa shape index (κ2) is 11.7. The Morgan fingerprint density at radius 3 is 2.44 bits per heavy atom. The summed E-state index contributed by atoms with van der Waals surface area (Å²) >= 11 is 0. The van der Waals surface area contributed by atoms with Crippen molar-refractivity contribution in [3.05, 3.63) is 17.6 Å². The molecule has 1 aromatic heterocycles. The number of nitrogens with one attached hydrogen (secondary N) is 2. The Bertz CT molecular complexity index is 567. The predicted octanol–water partition coefficient (Wildman–Crippen LogP) is 2.80. The zero-order valence-electron chi connectivity index (χ0n) is 16.4. The molecule has 0 aliphatic carbocycles. The Labute approximate surface area is 175 Å². The second-order valence-corrected chi connectivity index (χ2v) is 7.48. The van der Waals surface area contributed by atoms with Gasteiger partial charge in [0.25, 0.3) is 0 Å². The maximum atomic E-state index is 12.2. The van der Waals surface area contributed by atoms with Crippen LogP contribution in [0.2, 0.25) is 0 Å². The van der Waals surface area contributed by atoms with Gasteiger partial charge in [-0.3, -0.25) is 4.79 Å². The number of aromatic nitrogens is 2. The molecular formula is C19H33Cl2N5O. The highest BCUT2D eigenvalue weighted by Crippen LogP contribution is 2.20.